The number of hydrogen-bond donors (Lipinski definition) is 2. The summed E-state index contributed by atoms with van der Waals surface area (Å²) in [5.41, 5.74) is 1.09. The minimum absolute atomic E-state index is 0. The Balaban J connectivity index is 0.00000176. The van der Waals surface area contributed by atoms with Gasteiger partial charge in [-0.2, -0.15) is 0 Å². The summed E-state index contributed by atoms with van der Waals surface area (Å²) in [4.78, 5) is 12.3. The van der Waals surface area contributed by atoms with E-state index < -0.39 is 0 Å². The van der Waals surface area contributed by atoms with Crippen LogP contribution in [0.25, 0.3) is 0 Å². The van der Waals surface area contributed by atoms with Gasteiger partial charge in [0.05, 0.1) is 12.7 Å². The highest BCUT2D eigenvalue weighted by Crippen LogP contribution is 2.47. The number of ether oxygens (including phenoxy) is 1. The monoisotopic (exact) mass is 328 g/mol. The molecule has 2 aliphatic rings. The first kappa shape index (κ1) is 17.2. The maximum absolute atomic E-state index is 13.0. The fourth-order valence-corrected chi connectivity index (χ4v) is 2.92. The first-order valence-electron chi connectivity index (χ1n) is 7.49. The molecule has 1 saturated carbocycles. The second-order valence-corrected chi connectivity index (χ2v) is 6.01. The average Bonchev–Trinajstić information content (AvgIpc) is 3.27. The first-order chi connectivity index (χ1) is 10.1. The lowest BCUT2D eigenvalue weighted by Gasteiger charge is -2.30. The van der Waals surface area contributed by atoms with Crippen LogP contribution in [0.3, 0.4) is 0 Å². The number of morpholine rings is 1. The van der Waals surface area contributed by atoms with E-state index in [0.717, 1.165) is 18.4 Å². The molecule has 0 aromatic heterocycles. The Morgan fingerprint density at radius 2 is 2.09 bits per heavy atom. The maximum Gasteiger partial charge on any atom is 0.239 e. The Morgan fingerprint density at radius 3 is 2.68 bits per heavy atom. The molecule has 2 fully saturated rings. The fraction of sp³-hybridized carbons (Fsp3) is 0.562. The van der Waals surface area contributed by atoms with Gasteiger partial charge in [0.25, 0.3) is 0 Å². The summed E-state index contributed by atoms with van der Waals surface area (Å²) in [5.74, 6) is -0.244. The molecule has 22 heavy (non-hydrogen) atoms. The number of benzene rings is 1. The molecule has 4 nitrogen and oxygen atoms in total. The summed E-state index contributed by atoms with van der Waals surface area (Å²) in [7, 11) is 0. The van der Waals surface area contributed by atoms with Gasteiger partial charge in [0, 0.05) is 18.5 Å². The van der Waals surface area contributed by atoms with Crippen molar-refractivity contribution in [2.45, 2.75) is 37.3 Å². The lowest BCUT2D eigenvalue weighted by atomic mass is 9.95. The number of nitrogens with one attached hydrogen (secondary N) is 2. The van der Waals surface area contributed by atoms with Crippen LogP contribution in [0.5, 0.6) is 0 Å². The molecule has 122 valence electrons. The van der Waals surface area contributed by atoms with Gasteiger partial charge in [-0.1, -0.05) is 12.1 Å². The molecular formula is C16H22ClFN2O2. The maximum atomic E-state index is 13.0. The smallest absolute Gasteiger partial charge is 0.239 e. The highest BCUT2D eigenvalue weighted by atomic mass is 35.5. The predicted octanol–water partition coefficient (Wildman–Crippen LogP) is 1.77. The van der Waals surface area contributed by atoms with Gasteiger partial charge in [0.15, 0.2) is 0 Å². The van der Waals surface area contributed by atoms with Crippen molar-refractivity contribution < 1.29 is 13.9 Å². The predicted molar refractivity (Wildman–Crippen MR) is 84.8 cm³/mol. The normalized spacial score (nSPS) is 25.9. The number of halogens is 2. The minimum atomic E-state index is -0.289. The quantitative estimate of drug-likeness (QED) is 0.885. The summed E-state index contributed by atoms with van der Waals surface area (Å²) < 4.78 is 18.5. The Kier molecular flexibility index (Phi) is 5.42. The molecule has 1 aliphatic carbocycles. The zero-order valence-electron chi connectivity index (χ0n) is 12.6. The van der Waals surface area contributed by atoms with Crippen molar-refractivity contribution in [3.63, 3.8) is 0 Å². The Bertz CT molecular complexity index is 519. The van der Waals surface area contributed by atoms with E-state index in [9.17, 15) is 9.18 Å². The Labute approximate surface area is 136 Å². The number of carbonyl (C=O) groups is 1. The van der Waals surface area contributed by atoms with Crippen LogP contribution < -0.4 is 10.6 Å². The number of hydrogen-bond acceptors (Lipinski definition) is 3. The van der Waals surface area contributed by atoms with E-state index in [2.05, 4.69) is 10.6 Å². The van der Waals surface area contributed by atoms with Crippen LogP contribution in [0.2, 0.25) is 0 Å². The van der Waals surface area contributed by atoms with Crippen LogP contribution in [0.1, 0.15) is 25.3 Å². The van der Waals surface area contributed by atoms with Crippen LogP contribution in [0, 0.1) is 5.82 Å². The number of rotatable bonds is 4. The Morgan fingerprint density at radius 1 is 1.41 bits per heavy atom. The lowest BCUT2D eigenvalue weighted by Crippen LogP contribution is -2.56. The molecule has 0 bridgehead atoms. The van der Waals surface area contributed by atoms with Gasteiger partial charge in [-0.05, 0) is 37.5 Å². The van der Waals surface area contributed by atoms with Gasteiger partial charge in [-0.15, -0.1) is 12.4 Å². The third-order valence-corrected chi connectivity index (χ3v) is 4.51. The van der Waals surface area contributed by atoms with Crippen molar-refractivity contribution in [3.8, 4) is 0 Å². The van der Waals surface area contributed by atoms with Gasteiger partial charge in [0.2, 0.25) is 5.91 Å². The summed E-state index contributed by atoms with van der Waals surface area (Å²) in [6.45, 7) is 3.85. The molecule has 1 heterocycles. The zero-order valence-corrected chi connectivity index (χ0v) is 13.4. The summed E-state index contributed by atoms with van der Waals surface area (Å²) >= 11 is 0. The van der Waals surface area contributed by atoms with E-state index in [0.29, 0.717) is 19.7 Å². The Hall–Kier alpha value is -1.17. The largest absolute Gasteiger partial charge is 0.375 e. The number of amides is 1. The molecule has 1 aromatic carbocycles. The molecule has 1 saturated heterocycles. The molecule has 6 heteroatoms. The molecule has 0 unspecified atom stereocenters. The van der Waals surface area contributed by atoms with Crippen molar-refractivity contribution in [2.75, 3.05) is 19.7 Å². The van der Waals surface area contributed by atoms with Crippen molar-refractivity contribution >= 4 is 18.3 Å². The van der Waals surface area contributed by atoms with Gasteiger partial charge in [-0.25, -0.2) is 4.39 Å². The topological polar surface area (TPSA) is 50.4 Å². The molecular weight excluding hydrogens is 307 g/mol. The van der Waals surface area contributed by atoms with Gasteiger partial charge in [0.1, 0.15) is 11.9 Å². The summed E-state index contributed by atoms with van der Waals surface area (Å²) in [6.07, 6.45) is 1.95. The van der Waals surface area contributed by atoms with Crippen LogP contribution in [0.15, 0.2) is 24.3 Å². The zero-order chi connectivity index (χ0) is 14.9. The molecule has 1 aromatic rings. The molecule has 2 atom stereocenters. The minimum Gasteiger partial charge on any atom is -0.375 e. The van der Waals surface area contributed by atoms with E-state index in [1.807, 2.05) is 19.1 Å². The van der Waals surface area contributed by atoms with Crippen molar-refractivity contribution in [3.05, 3.63) is 35.6 Å². The second kappa shape index (κ2) is 6.94. The molecule has 3 rings (SSSR count). The van der Waals surface area contributed by atoms with Gasteiger partial charge < -0.3 is 15.4 Å². The van der Waals surface area contributed by atoms with Crippen molar-refractivity contribution in [2.24, 2.45) is 0 Å². The highest BCUT2D eigenvalue weighted by molar-refractivity contribution is 5.85. The average molecular weight is 329 g/mol. The second-order valence-electron chi connectivity index (χ2n) is 6.01. The number of carbonyl (C=O) groups excluding carboxylic acids is 1. The van der Waals surface area contributed by atoms with Crippen molar-refractivity contribution in [1.82, 2.24) is 10.6 Å². The van der Waals surface area contributed by atoms with Crippen molar-refractivity contribution in [1.29, 1.82) is 0 Å². The van der Waals surface area contributed by atoms with Crippen LogP contribution in [-0.2, 0) is 14.9 Å². The third kappa shape index (κ3) is 3.59. The molecule has 2 N–H and O–H groups in total. The van der Waals surface area contributed by atoms with E-state index in [-0.39, 0.29) is 41.7 Å². The van der Waals surface area contributed by atoms with E-state index in [1.165, 1.54) is 12.1 Å². The van der Waals surface area contributed by atoms with E-state index in [1.54, 1.807) is 0 Å². The molecule has 0 spiro atoms. The highest BCUT2D eigenvalue weighted by Gasteiger charge is 2.44. The van der Waals surface area contributed by atoms with Crippen LogP contribution >= 0.6 is 12.4 Å². The van der Waals surface area contributed by atoms with Crippen LogP contribution in [-0.4, -0.2) is 37.7 Å². The summed E-state index contributed by atoms with van der Waals surface area (Å²) in [6, 6.07) is 6.31. The first-order valence-corrected chi connectivity index (χ1v) is 7.49. The van der Waals surface area contributed by atoms with E-state index >= 15 is 0 Å². The van der Waals surface area contributed by atoms with Gasteiger partial charge >= 0.3 is 0 Å². The molecule has 1 amide bonds. The third-order valence-electron chi connectivity index (χ3n) is 4.51. The molecule has 1 aliphatic heterocycles. The molecule has 0 radical (unpaired) electrons. The fourth-order valence-electron chi connectivity index (χ4n) is 2.92. The summed E-state index contributed by atoms with van der Waals surface area (Å²) in [5, 5.41) is 6.21. The van der Waals surface area contributed by atoms with Gasteiger partial charge in [-0.3, -0.25) is 4.79 Å². The lowest BCUT2D eigenvalue weighted by molar-refractivity contribution is -0.129. The SMILES string of the molecule is C[C@H]1OCCN[C@@H]1C(=O)NCC1(c2ccc(F)cc2)CC1.Cl. The van der Waals surface area contributed by atoms with E-state index in [4.69, 9.17) is 4.74 Å². The van der Waals surface area contributed by atoms with Crippen LogP contribution in [0.4, 0.5) is 4.39 Å². The standard InChI is InChI=1S/C16H21FN2O2.ClH/c1-11-14(18-8-9-21-11)15(20)19-10-16(6-7-16)12-2-4-13(17)5-3-12;/h2-5,11,14,18H,6-10H2,1H3,(H,19,20);1H/t11-,14+;/m1./s1.